The van der Waals surface area contributed by atoms with Crippen LogP contribution in [0.1, 0.15) is 23.5 Å². The van der Waals surface area contributed by atoms with E-state index in [4.69, 9.17) is 0 Å². The van der Waals surface area contributed by atoms with Gasteiger partial charge in [-0.3, -0.25) is 0 Å². The molecule has 2 aliphatic rings. The quantitative estimate of drug-likeness (QED) is 0.544. The first kappa shape index (κ1) is 9.83. The Morgan fingerprint density at radius 1 is 1.12 bits per heavy atom. The van der Waals surface area contributed by atoms with Gasteiger partial charge in [-0.1, -0.05) is 42.0 Å². The molecule has 0 aromatic heterocycles. The fourth-order valence-corrected chi connectivity index (χ4v) is 3.30. The second-order valence-electron chi connectivity index (χ2n) is 5.10. The molecule has 1 nitrogen and oxygen atoms in total. The molecule has 82 valence electrons. The Morgan fingerprint density at radius 2 is 1.81 bits per heavy atom. The summed E-state index contributed by atoms with van der Waals surface area (Å²) in [6, 6.07) is 8.66. The van der Waals surface area contributed by atoms with Crippen molar-refractivity contribution in [3.63, 3.8) is 0 Å². The van der Waals surface area contributed by atoms with Crippen LogP contribution in [0.15, 0.2) is 36.4 Å². The van der Waals surface area contributed by atoms with Crippen LogP contribution in [0.25, 0.3) is 0 Å². The van der Waals surface area contributed by atoms with E-state index < -0.39 is 0 Å². The maximum atomic E-state index is 11.2. The Morgan fingerprint density at radius 3 is 2.50 bits per heavy atom. The van der Waals surface area contributed by atoms with Crippen LogP contribution >= 0.6 is 0 Å². The van der Waals surface area contributed by atoms with E-state index in [2.05, 4.69) is 43.3 Å². The second kappa shape index (κ2) is 3.58. The number of carbonyl (C=O) groups is 1. The van der Waals surface area contributed by atoms with E-state index in [1.54, 1.807) is 0 Å². The fourth-order valence-electron chi connectivity index (χ4n) is 3.30. The van der Waals surface area contributed by atoms with Crippen molar-refractivity contribution in [2.75, 3.05) is 0 Å². The average molecular weight is 212 g/mol. The van der Waals surface area contributed by atoms with Crippen LogP contribution in [0.4, 0.5) is 0 Å². The van der Waals surface area contributed by atoms with Crippen LogP contribution in [-0.4, -0.2) is 6.29 Å². The fraction of sp³-hybridized carbons (Fsp3) is 0.400. The number of aldehydes is 1. The van der Waals surface area contributed by atoms with Gasteiger partial charge >= 0.3 is 0 Å². The summed E-state index contributed by atoms with van der Waals surface area (Å²) < 4.78 is 0. The molecule has 1 heteroatoms. The van der Waals surface area contributed by atoms with Crippen molar-refractivity contribution in [1.82, 2.24) is 0 Å². The number of aryl methyl sites for hydroxylation is 1. The molecule has 0 heterocycles. The second-order valence-corrected chi connectivity index (χ2v) is 5.10. The first-order valence-electron chi connectivity index (χ1n) is 6.00. The molecule has 2 aliphatic carbocycles. The Kier molecular flexibility index (Phi) is 2.20. The first-order chi connectivity index (χ1) is 7.79. The molecule has 4 atom stereocenters. The van der Waals surface area contributed by atoms with Crippen molar-refractivity contribution < 1.29 is 4.79 Å². The van der Waals surface area contributed by atoms with Gasteiger partial charge in [-0.05, 0) is 30.7 Å². The van der Waals surface area contributed by atoms with Crippen LogP contribution in [0.3, 0.4) is 0 Å². The van der Waals surface area contributed by atoms with Crippen molar-refractivity contribution in [2.24, 2.45) is 17.8 Å². The number of fused-ring (bicyclic) bond motifs is 2. The molecule has 0 N–H and O–H groups in total. The summed E-state index contributed by atoms with van der Waals surface area (Å²) >= 11 is 0. The Bertz CT molecular complexity index is 429. The highest BCUT2D eigenvalue weighted by molar-refractivity contribution is 5.60. The van der Waals surface area contributed by atoms with Crippen molar-refractivity contribution in [3.05, 3.63) is 47.5 Å². The van der Waals surface area contributed by atoms with Crippen molar-refractivity contribution in [3.8, 4) is 0 Å². The highest BCUT2D eigenvalue weighted by Gasteiger charge is 2.44. The summed E-state index contributed by atoms with van der Waals surface area (Å²) in [5, 5.41) is 0. The third kappa shape index (κ3) is 1.35. The van der Waals surface area contributed by atoms with Crippen molar-refractivity contribution >= 4 is 6.29 Å². The highest BCUT2D eigenvalue weighted by Crippen LogP contribution is 2.51. The van der Waals surface area contributed by atoms with E-state index in [1.165, 1.54) is 23.8 Å². The summed E-state index contributed by atoms with van der Waals surface area (Å²) in [4.78, 5) is 11.2. The third-order valence-corrected chi connectivity index (χ3v) is 4.14. The molecule has 1 aromatic rings. The number of allylic oxidation sites excluding steroid dienone is 2. The SMILES string of the molecule is Cc1ccc([C@@H]2[C@@H](C=O)[C@H]3C=C[C@@H]2C3)cc1. The molecular weight excluding hydrogens is 196 g/mol. The molecule has 0 aliphatic heterocycles. The topological polar surface area (TPSA) is 17.1 Å². The first-order valence-corrected chi connectivity index (χ1v) is 6.00. The lowest BCUT2D eigenvalue weighted by atomic mass is 9.79. The lowest BCUT2D eigenvalue weighted by molar-refractivity contribution is -0.112. The summed E-state index contributed by atoms with van der Waals surface area (Å²) in [5.41, 5.74) is 2.62. The molecule has 2 bridgehead atoms. The Labute approximate surface area is 96.2 Å². The van der Waals surface area contributed by atoms with Crippen LogP contribution < -0.4 is 0 Å². The van der Waals surface area contributed by atoms with Crippen molar-refractivity contribution in [1.29, 1.82) is 0 Å². The normalized spacial score (nSPS) is 35.6. The minimum absolute atomic E-state index is 0.206. The minimum Gasteiger partial charge on any atom is -0.303 e. The van der Waals surface area contributed by atoms with Gasteiger partial charge in [0.05, 0.1) is 0 Å². The van der Waals surface area contributed by atoms with Gasteiger partial charge in [-0.15, -0.1) is 0 Å². The number of rotatable bonds is 2. The summed E-state index contributed by atoms with van der Waals surface area (Å²) in [5.74, 6) is 1.71. The molecule has 0 radical (unpaired) electrons. The maximum Gasteiger partial charge on any atom is 0.124 e. The van der Waals surface area contributed by atoms with Crippen LogP contribution in [-0.2, 0) is 4.79 Å². The van der Waals surface area contributed by atoms with Crippen molar-refractivity contribution in [2.45, 2.75) is 19.3 Å². The van der Waals surface area contributed by atoms with Gasteiger partial charge in [0.2, 0.25) is 0 Å². The number of hydrogen-bond donors (Lipinski definition) is 0. The molecular formula is C15H16O. The predicted octanol–water partition coefficient (Wildman–Crippen LogP) is 3.10. The Hall–Kier alpha value is -1.37. The van der Waals surface area contributed by atoms with Gasteiger partial charge in [0, 0.05) is 11.8 Å². The van der Waals surface area contributed by atoms with Gasteiger partial charge < -0.3 is 4.79 Å². The van der Waals surface area contributed by atoms with E-state index in [0.717, 1.165) is 0 Å². The van der Waals surface area contributed by atoms with Gasteiger partial charge in [-0.25, -0.2) is 0 Å². The zero-order chi connectivity index (χ0) is 11.1. The molecule has 16 heavy (non-hydrogen) atoms. The third-order valence-electron chi connectivity index (χ3n) is 4.14. The number of hydrogen-bond acceptors (Lipinski definition) is 1. The largest absolute Gasteiger partial charge is 0.303 e. The van der Waals surface area contributed by atoms with Crippen LogP contribution in [0.2, 0.25) is 0 Å². The lowest BCUT2D eigenvalue weighted by Gasteiger charge is -2.24. The van der Waals surface area contributed by atoms with E-state index in [1.807, 2.05) is 0 Å². The molecule has 1 aromatic carbocycles. The molecule has 0 amide bonds. The monoisotopic (exact) mass is 212 g/mol. The zero-order valence-electron chi connectivity index (χ0n) is 9.47. The number of benzene rings is 1. The summed E-state index contributed by atoms with van der Waals surface area (Å²) in [6.07, 6.45) is 6.87. The highest BCUT2D eigenvalue weighted by atomic mass is 16.1. The number of carbonyl (C=O) groups excluding carboxylic acids is 1. The van der Waals surface area contributed by atoms with E-state index >= 15 is 0 Å². The van der Waals surface area contributed by atoms with Crippen LogP contribution in [0.5, 0.6) is 0 Å². The van der Waals surface area contributed by atoms with Gasteiger partial charge in [0.25, 0.3) is 0 Å². The van der Waals surface area contributed by atoms with Gasteiger partial charge in [0.15, 0.2) is 0 Å². The molecule has 1 saturated carbocycles. The van der Waals surface area contributed by atoms with Gasteiger partial charge in [0.1, 0.15) is 6.29 Å². The van der Waals surface area contributed by atoms with E-state index in [9.17, 15) is 4.79 Å². The molecule has 0 spiro atoms. The Balaban J connectivity index is 1.97. The minimum atomic E-state index is 0.206. The summed E-state index contributed by atoms with van der Waals surface area (Å²) in [7, 11) is 0. The standard InChI is InChI=1S/C15H16O/c1-10-2-4-11(5-3-10)15-13-7-6-12(8-13)14(15)9-16/h2-7,9,12-15H,8H2,1H3/t12-,13+,14-,15-/m0/s1. The smallest absolute Gasteiger partial charge is 0.124 e. The summed E-state index contributed by atoms with van der Waals surface area (Å²) in [6.45, 7) is 2.10. The molecule has 0 saturated heterocycles. The van der Waals surface area contributed by atoms with E-state index in [0.29, 0.717) is 17.8 Å². The zero-order valence-corrected chi connectivity index (χ0v) is 9.47. The van der Waals surface area contributed by atoms with Gasteiger partial charge in [-0.2, -0.15) is 0 Å². The molecule has 1 fully saturated rings. The maximum absolute atomic E-state index is 11.2. The van der Waals surface area contributed by atoms with Crippen LogP contribution in [0, 0.1) is 24.7 Å². The lowest BCUT2D eigenvalue weighted by Crippen LogP contribution is -2.18. The molecule has 3 rings (SSSR count). The van der Waals surface area contributed by atoms with E-state index in [-0.39, 0.29) is 5.92 Å². The average Bonchev–Trinajstić information content (AvgIpc) is 2.89. The predicted molar refractivity (Wildman–Crippen MR) is 64.2 cm³/mol. The molecule has 0 unspecified atom stereocenters.